The Labute approximate surface area is 137 Å². The Morgan fingerprint density at radius 3 is 2.92 bits per heavy atom. The summed E-state index contributed by atoms with van der Waals surface area (Å²) in [7, 11) is 0. The molecule has 1 aliphatic rings. The molecule has 8 heteroatoms. The largest absolute Gasteiger partial charge is 0.465 e. The second kappa shape index (κ2) is 5.95. The standard InChI is InChI=1S/C16H17FN4O3/c1-9-8-24-21-13(9)14(22)19-10-3-4-12(17)11(7-10)16(2)5-6-23-15(18)20-16/h3-4,7-8H,5-6H2,1-2H3,(H2,18,20)(H,19,22)/t16-/m0/s1. The number of aryl methyl sites for hydroxylation is 1. The molecular formula is C16H17FN4O3. The number of aromatic nitrogens is 1. The van der Waals surface area contributed by atoms with Gasteiger partial charge in [0, 0.05) is 23.2 Å². The number of nitrogens with two attached hydrogens (primary N) is 1. The lowest BCUT2D eigenvalue weighted by molar-refractivity contribution is 0.101. The zero-order chi connectivity index (χ0) is 17.3. The van der Waals surface area contributed by atoms with E-state index in [1.54, 1.807) is 19.9 Å². The number of carbonyl (C=O) groups excluding carboxylic acids is 1. The van der Waals surface area contributed by atoms with E-state index < -0.39 is 17.3 Å². The van der Waals surface area contributed by atoms with E-state index in [0.29, 0.717) is 29.8 Å². The van der Waals surface area contributed by atoms with Crippen molar-refractivity contribution in [2.75, 3.05) is 11.9 Å². The molecule has 0 fully saturated rings. The molecule has 126 valence electrons. The summed E-state index contributed by atoms with van der Waals surface area (Å²) in [5.74, 6) is -0.856. The van der Waals surface area contributed by atoms with Gasteiger partial charge in [0.1, 0.15) is 12.1 Å². The van der Waals surface area contributed by atoms with Gasteiger partial charge in [0.2, 0.25) is 0 Å². The van der Waals surface area contributed by atoms with Gasteiger partial charge >= 0.3 is 0 Å². The van der Waals surface area contributed by atoms with Gasteiger partial charge in [-0.25, -0.2) is 9.38 Å². The molecule has 3 N–H and O–H groups in total. The van der Waals surface area contributed by atoms with Gasteiger partial charge < -0.3 is 20.3 Å². The molecular weight excluding hydrogens is 315 g/mol. The van der Waals surface area contributed by atoms with Crippen molar-refractivity contribution >= 4 is 17.6 Å². The monoisotopic (exact) mass is 332 g/mol. The van der Waals surface area contributed by atoms with E-state index in [1.807, 2.05) is 0 Å². The molecule has 1 aliphatic heterocycles. The first-order chi connectivity index (χ1) is 11.4. The number of benzene rings is 1. The van der Waals surface area contributed by atoms with Crippen LogP contribution in [0.4, 0.5) is 10.1 Å². The van der Waals surface area contributed by atoms with E-state index >= 15 is 0 Å². The SMILES string of the molecule is Cc1conc1C(=O)Nc1ccc(F)c([C@]2(C)CCOC(N)=N2)c1. The zero-order valence-corrected chi connectivity index (χ0v) is 13.3. The smallest absolute Gasteiger partial charge is 0.282 e. The van der Waals surface area contributed by atoms with Crippen LogP contribution in [-0.4, -0.2) is 23.7 Å². The predicted octanol–water partition coefficient (Wildman–Crippen LogP) is 2.32. The average Bonchev–Trinajstić information content (AvgIpc) is 2.95. The van der Waals surface area contributed by atoms with Gasteiger partial charge in [0.15, 0.2) is 5.69 Å². The lowest BCUT2D eigenvalue weighted by Crippen LogP contribution is -2.34. The third-order valence-electron chi connectivity index (χ3n) is 3.96. The van der Waals surface area contributed by atoms with Crippen molar-refractivity contribution in [3.05, 3.63) is 47.1 Å². The fourth-order valence-electron chi connectivity index (χ4n) is 2.59. The molecule has 0 saturated heterocycles. The number of carbonyl (C=O) groups is 1. The number of nitrogens with one attached hydrogen (secondary N) is 1. The number of rotatable bonds is 3. The summed E-state index contributed by atoms with van der Waals surface area (Å²) in [4.78, 5) is 16.4. The Kier molecular flexibility index (Phi) is 3.96. The molecule has 0 radical (unpaired) electrons. The topological polar surface area (TPSA) is 103 Å². The molecule has 1 amide bonds. The number of ether oxygens (including phenoxy) is 1. The van der Waals surface area contributed by atoms with Crippen molar-refractivity contribution in [2.24, 2.45) is 10.7 Å². The molecule has 3 rings (SSSR count). The third kappa shape index (κ3) is 2.94. The number of hydrogen-bond acceptors (Lipinski definition) is 6. The van der Waals surface area contributed by atoms with Gasteiger partial charge in [0.05, 0.1) is 12.1 Å². The number of anilines is 1. The van der Waals surface area contributed by atoms with Crippen molar-refractivity contribution in [3.63, 3.8) is 0 Å². The van der Waals surface area contributed by atoms with Crippen LogP contribution in [-0.2, 0) is 10.3 Å². The molecule has 7 nitrogen and oxygen atoms in total. The van der Waals surface area contributed by atoms with Gasteiger partial charge in [-0.1, -0.05) is 5.16 Å². The van der Waals surface area contributed by atoms with E-state index in [1.165, 1.54) is 18.4 Å². The van der Waals surface area contributed by atoms with Crippen LogP contribution in [0, 0.1) is 12.7 Å². The minimum absolute atomic E-state index is 0.0239. The number of hydrogen-bond donors (Lipinski definition) is 2. The molecule has 0 saturated carbocycles. The minimum atomic E-state index is -0.850. The van der Waals surface area contributed by atoms with Gasteiger partial charge in [-0.2, -0.15) is 0 Å². The van der Waals surface area contributed by atoms with Crippen LogP contribution < -0.4 is 11.1 Å². The van der Waals surface area contributed by atoms with Crippen molar-refractivity contribution in [1.29, 1.82) is 0 Å². The summed E-state index contributed by atoms with van der Waals surface area (Å²) in [6.07, 6.45) is 1.86. The van der Waals surface area contributed by atoms with Crippen LogP contribution in [0.5, 0.6) is 0 Å². The molecule has 1 atom stereocenters. The van der Waals surface area contributed by atoms with Crippen molar-refractivity contribution in [3.8, 4) is 0 Å². The highest BCUT2D eigenvalue weighted by atomic mass is 19.1. The summed E-state index contributed by atoms with van der Waals surface area (Å²) in [6, 6.07) is 4.33. The van der Waals surface area contributed by atoms with Gasteiger partial charge in [-0.15, -0.1) is 0 Å². The molecule has 2 aromatic rings. The van der Waals surface area contributed by atoms with E-state index in [-0.39, 0.29) is 11.7 Å². The molecule has 1 aromatic heterocycles. The summed E-state index contributed by atoms with van der Waals surface area (Å²) >= 11 is 0. The maximum atomic E-state index is 14.3. The van der Waals surface area contributed by atoms with Gasteiger partial charge in [-0.3, -0.25) is 4.79 Å². The second-order valence-electron chi connectivity index (χ2n) is 5.82. The Balaban J connectivity index is 1.91. The number of halogens is 1. The summed E-state index contributed by atoms with van der Waals surface area (Å²) < 4.78 is 24.2. The second-order valence-corrected chi connectivity index (χ2v) is 5.82. The van der Waals surface area contributed by atoms with E-state index in [2.05, 4.69) is 15.5 Å². The Morgan fingerprint density at radius 1 is 1.46 bits per heavy atom. The van der Waals surface area contributed by atoms with Crippen LogP contribution in [0.15, 0.2) is 34.0 Å². The molecule has 0 bridgehead atoms. The Bertz CT molecular complexity index is 817. The van der Waals surface area contributed by atoms with Gasteiger partial charge in [-0.05, 0) is 32.0 Å². The van der Waals surface area contributed by atoms with Gasteiger partial charge in [0.25, 0.3) is 11.9 Å². The Morgan fingerprint density at radius 2 is 2.25 bits per heavy atom. The minimum Gasteiger partial charge on any atom is -0.465 e. The maximum absolute atomic E-state index is 14.3. The van der Waals surface area contributed by atoms with Crippen LogP contribution in [0.3, 0.4) is 0 Å². The van der Waals surface area contributed by atoms with Crippen molar-refractivity contribution in [1.82, 2.24) is 5.16 Å². The fourth-order valence-corrected chi connectivity index (χ4v) is 2.59. The number of amidine groups is 1. The summed E-state index contributed by atoms with van der Waals surface area (Å²) in [6.45, 7) is 3.83. The first-order valence-electron chi connectivity index (χ1n) is 7.39. The highest BCUT2D eigenvalue weighted by Gasteiger charge is 2.33. The molecule has 1 aromatic carbocycles. The summed E-state index contributed by atoms with van der Waals surface area (Å²) in [5.41, 5.74) is 6.33. The molecule has 0 aliphatic carbocycles. The van der Waals surface area contributed by atoms with Crippen LogP contribution in [0.25, 0.3) is 0 Å². The fraction of sp³-hybridized carbons (Fsp3) is 0.312. The number of amides is 1. The zero-order valence-electron chi connectivity index (χ0n) is 13.3. The molecule has 2 heterocycles. The van der Waals surface area contributed by atoms with Crippen LogP contribution in [0.1, 0.15) is 35.0 Å². The first-order valence-corrected chi connectivity index (χ1v) is 7.39. The first kappa shape index (κ1) is 16.0. The van der Waals surface area contributed by atoms with Crippen molar-refractivity contribution in [2.45, 2.75) is 25.8 Å². The highest BCUT2D eigenvalue weighted by Crippen LogP contribution is 2.35. The van der Waals surface area contributed by atoms with E-state index in [4.69, 9.17) is 15.0 Å². The maximum Gasteiger partial charge on any atom is 0.282 e. The average molecular weight is 332 g/mol. The number of nitrogens with zero attached hydrogens (tertiary/aromatic N) is 2. The normalized spacial score (nSPS) is 20.2. The Hall–Kier alpha value is -2.90. The third-order valence-corrected chi connectivity index (χ3v) is 3.96. The molecule has 24 heavy (non-hydrogen) atoms. The quantitative estimate of drug-likeness (QED) is 0.898. The molecule has 0 unspecified atom stereocenters. The predicted molar refractivity (Wildman–Crippen MR) is 85.1 cm³/mol. The van der Waals surface area contributed by atoms with Crippen LogP contribution in [0.2, 0.25) is 0 Å². The lowest BCUT2D eigenvalue weighted by atomic mass is 9.88. The van der Waals surface area contributed by atoms with E-state index in [9.17, 15) is 9.18 Å². The summed E-state index contributed by atoms with van der Waals surface area (Å²) in [5, 5.41) is 6.33. The molecule has 0 spiro atoms. The van der Waals surface area contributed by atoms with Crippen LogP contribution >= 0.6 is 0 Å². The highest BCUT2D eigenvalue weighted by molar-refractivity contribution is 6.03. The van der Waals surface area contributed by atoms with E-state index in [0.717, 1.165) is 0 Å². The lowest BCUT2D eigenvalue weighted by Gasteiger charge is -2.30. The number of aliphatic imine (C=N–C) groups is 1. The van der Waals surface area contributed by atoms with Crippen molar-refractivity contribution < 1.29 is 18.4 Å².